The number of carbonyl (C=O) groups excluding carboxylic acids is 1. The Morgan fingerprint density at radius 3 is 2.80 bits per heavy atom. The molecule has 104 valence electrons. The number of benzene rings is 1. The van der Waals surface area contributed by atoms with Gasteiger partial charge in [-0.25, -0.2) is 4.98 Å². The van der Waals surface area contributed by atoms with Crippen LogP contribution in [0.25, 0.3) is 0 Å². The van der Waals surface area contributed by atoms with E-state index in [1.807, 2.05) is 32.0 Å². The molecule has 0 aliphatic heterocycles. The van der Waals surface area contributed by atoms with Crippen molar-refractivity contribution in [1.82, 2.24) is 4.98 Å². The highest BCUT2D eigenvalue weighted by Crippen LogP contribution is 2.13. The monoisotopic (exact) mass is 269 g/mol. The lowest BCUT2D eigenvalue weighted by molar-refractivity contribution is -0.116. The zero-order valence-corrected chi connectivity index (χ0v) is 11.8. The topological polar surface area (TPSA) is 68.0 Å². The minimum absolute atomic E-state index is 0.0387. The number of rotatable bonds is 4. The molecule has 4 nitrogen and oxygen atoms in total. The maximum absolute atomic E-state index is 11.9. The summed E-state index contributed by atoms with van der Waals surface area (Å²) in [7, 11) is 0. The van der Waals surface area contributed by atoms with E-state index in [1.54, 1.807) is 12.3 Å². The fourth-order valence-electron chi connectivity index (χ4n) is 1.97. The number of aryl methyl sites for hydroxylation is 3. The Balaban J connectivity index is 1.91. The van der Waals surface area contributed by atoms with Crippen molar-refractivity contribution in [2.45, 2.75) is 26.7 Å². The first kappa shape index (κ1) is 14.1. The molecule has 0 spiro atoms. The van der Waals surface area contributed by atoms with Gasteiger partial charge in [-0.2, -0.15) is 0 Å². The first-order chi connectivity index (χ1) is 9.54. The van der Waals surface area contributed by atoms with Gasteiger partial charge in [0.1, 0.15) is 5.82 Å². The van der Waals surface area contributed by atoms with Crippen LogP contribution in [0.4, 0.5) is 11.5 Å². The number of nitrogen functional groups attached to an aromatic ring is 1. The van der Waals surface area contributed by atoms with Crippen LogP contribution in [0.3, 0.4) is 0 Å². The molecule has 0 atom stereocenters. The molecule has 4 heteroatoms. The Bertz CT molecular complexity index is 623. The molecule has 1 amide bonds. The van der Waals surface area contributed by atoms with Crippen molar-refractivity contribution in [1.29, 1.82) is 0 Å². The van der Waals surface area contributed by atoms with E-state index in [0.717, 1.165) is 12.0 Å². The number of nitrogens with zero attached hydrogens (tertiary/aromatic N) is 1. The van der Waals surface area contributed by atoms with Crippen LogP contribution in [0.2, 0.25) is 0 Å². The number of anilines is 2. The zero-order chi connectivity index (χ0) is 14.5. The van der Waals surface area contributed by atoms with Gasteiger partial charge in [0, 0.05) is 6.42 Å². The highest BCUT2D eigenvalue weighted by atomic mass is 16.1. The maximum Gasteiger partial charge on any atom is 0.225 e. The third-order valence-electron chi connectivity index (χ3n) is 3.14. The van der Waals surface area contributed by atoms with Crippen LogP contribution >= 0.6 is 0 Å². The SMILES string of the molecule is Cc1cccc(CCC(=O)Nc2cc(C)c(N)cn2)c1. The minimum atomic E-state index is -0.0387. The molecular formula is C16H19N3O. The molecule has 2 aromatic rings. The number of amides is 1. The second-order valence-electron chi connectivity index (χ2n) is 4.96. The van der Waals surface area contributed by atoms with Crippen molar-refractivity contribution in [3.05, 3.63) is 53.2 Å². The highest BCUT2D eigenvalue weighted by Gasteiger charge is 2.05. The molecule has 0 radical (unpaired) electrons. The predicted molar refractivity (Wildman–Crippen MR) is 81.5 cm³/mol. The molecule has 20 heavy (non-hydrogen) atoms. The van der Waals surface area contributed by atoms with Crippen molar-refractivity contribution in [2.75, 3.05) is 11.1 Å². The van der Waals surface area contributed by atoms with Crippen LogP contribution < -0.4 is 11.1 Å². The van der Waals surface area contributed by atoms with Gasteiger partial charge in [-0.15, -0.1) is 0 Å². The second kappa shape index (κ2) is 6.19. The van der Waals surface area contributed by atoms with Crippen LogP contribution in [0, 0.1) is 13.8 Å². The van der Waals surface area contributed by atoms with Crippen LogP contribution in [0.1, 0.15) is 23.1 Å². The highest BCUT2D eigenvalue weighted by molar-refractivity contribution is 5.90. The number of aromatic nitrogens is 1. The average Bonchev–Trinajstić information content (AvgIpc) is 2.41. The lowest BCUT2D eigenvalue weighted by atomic mass is 10.1. The number of hydrogen-bond donors (Lipinski definition) is 2. The van der Waals surface area contributed by atoms with Crippen LogP contribution in [-0.4, -0.2) is 10.9 Å². The third kappa shape index (κ3) is 3.82. The Morgan fingerprint density at radius 2 is 2.10 bits per heavy atom. The molecule has 0 bridgehead atoms. The van der Waals surface area contributed by atoms with E-state index in [1.165, 1.54) is 11.1 Å². The number of nitrogens with one attached hydrogen (secondary N) is 1. The normalized spacial score (nSPS) is 10.3. The smallest absolute Gasteiger partial charge is 0.225 e. The molecule has 0 aliphatic rings. The van der Waals surface area contributed by atoms with Crippen molar-refractivity contribution in [2.24, 2.45) is 0 Å². The average molecular weight is 269 g/mol. The van der Waals surface area contributed by atoms with Gasteiger partial charge >= 0.3 is 0 Å². The summed E-state index contributed by atoms with van der Waals surface area (Å²) in [6.45, 7) is 3.93. The summed E-state index contributed by atoms with van der Waals surface area (Å²) < 4.78 is 0. The molecule has 0 saturated heterocycles. The number of pyridine rings is 1. The van der Waals surface area contributed by atoms with Gasteiger partial charge in [-0.3, -0.25) is 4.79 Å². The molecule has 1 aromatic heterocycles. The Kier molecular flexibility index (Phi) is 4.35. The zero-order valence-electron chi connectivity index (χ0n) is 11.8. The van der Waals surface area contributed by atoms with Crippen molar-refractivity contribution >= 4 is 17.4 Å². The quantitative estimate of drug-likeness (QED) is 0.896. The lowest BCUT2D eigenvalue weighted by Crippen LogP contribution is -2.13. The Labute approximate surface area is 119 Å². The van der Waals surface area contributed by atoms with Gasteiger partial charge in [-0.1, -0.05) is 29.8 Å². The molecule has 1 aromatic carbocycles. The van der Waals surface area contributed by atoms with Gasteiger partial charge in [0.25, 0.3) is 0 Å². The summed E-state index contributed by atoms with van der Waals surface area (Å²) in [6, 6.07) is 9.96. The molecule has 0 unspecified atom stereocenters. The van der Waals surface area contributed by atoms with Crippen molar-refractivity contribution in [3.63, 3.8) is 0 Å². The van der Waals surface area contributed by atoms with Crippen molar-refractivity contribution in [3.8, 4) is 0 Å². The van der Waals surface area contributed by atoms with Crippen LogP contribution in [0.15, 0.2) is 36.5 Å². The fourth-order valence-corrected chi connectivity index (χ4v) is 1.97. The van der Waals surface area contributed by atoms with Gasteiger partial charge in [0.05, 0.1) is 11.9 Å². The summed E-state index contributed by atoms with van der Waals surface area (Å²) in [5.41, 5.74) is 9.61. The number of hydrogen-bond acceptors (Lipinski definition) is 3. The van der Waals surface area contributed by atoms with E-state index in [-0.39, 0.29) is 5.91 Å². The van der Waals surface area contributed by atoms with Gasteiger partial charge < -0.3 is 11.1 Å². The van der Waals surface area contributed by atoms with E-state index in [0.29, 0.717) is 17.9 Å². The molecule has 1 heterocycles. The minimum Gasteiger partial charge on any atom is -0.397 e. The lowest BCUT2D eigenvalue weighted by Gasteiger charge is -2.07. The molecule has 0 aliphatic carbocycles. The van der Waals surface area contributed by atoms with E-state index in [9.17, 15) is 4.79 Å². The van der Waals surface area contributed by atoms with E-state index >= 15 is 0 Å². The second-order valence-corrected chi connectivity index (χ2v) is 4.96. The van der Waals surface area contributed by atoms with Crippen LogP contribution in [0.5, 0.6) is 0 Å². The molecule has 0 fully saturated rings. The van der Waals surface area contributed by atoms with Gasteiger partial charge in [0.15, 0.2) is 0 Å². The fraction of sp³-hybridized carbons (Fsp3) is 0.250. The standard InChI is InChI=1S/C16H19N3O/c1-11-4-3-5-13(8-11)6-7-16(20)19-15-9-12(2)14(17)10-18-15/h3-5,8-10H,6-7,17H2,1-2H3,(H,18,19,20). The summed E-state index contributed by atoms with van der Waals surface area (Å²) in [4.78, 5) is 16.0. The van der Waals surface area contributed by atoms with Gasteiger partial charge in [0.2, 0.25) is 5.91 Å². The number of carbonyl (C=O) groups is 1. The van der Waals surface area contributed by atoms with Crippen molar-refractivity contribution < 1.29 is 4.79 Å². The van der Waals surface area contributed by atoms with E-state index < -0.39 is 0 Å². The molecule has 3 N–H and O–H groups in total. The number of nitrogens with two attached hydrogens (primary N) is 1. The largest absolute Gasteiger partial charge is 0.397 e. The summed E-state index contributed by atoms with van der Waals surface area (Å²) in [5.74, 6) is 0.508. The van der Waals surface area contributed by atoms with E-state index in [2.05, 4.69) is 16.4 Å². The molecule has 2 rings (SSSR count). The third-order valence-corrected chi connectivity index (χ3v) is 3.14. The van der Waals surface area contributed by atoms with E-state index in [4.69, 9.17) is 5.73 Å². The first-order valence-electron chi connectivity index (χ1n) is 6.62. The Morgan fingerprint density at radius 1 is 1.30 bits per heavy atom. The summed E-state index contributed by atoms with van der Waals surface area (Å²) in [6.07, 6.45) is 2.72. The maximum atomic E-state index is 11.9. The summed E-state index contributed by atoms with van der Waals surface area (Å²) >= 11 is 0. The first-order valence-corrected chi connectivity index (χ1v) is 6.62. The molecular weight excluding hydrogens is 250 g/mol. The van der Waals surface area contributed by atoms with Gasteiger partial charge in [-0.05, 0) is 37.5 Å². The van der Waals surface area contributed by atoms with Crippen LogP contribution in [-0.2, 0) is 11.2 Å². The summed E-state index contributed by atoms with van der Waals surface area (Å²) in [5, 5.41) is 2.79. The predicted octanol–water partition coefficient (Wildman–Crippen LogP) is 2.85. The Hall–Kier alpha value is -2.36. The molecule has 0 saturated carbocycles.